The van der Waals surface area contributed by atoms with Gasteiger partial charge in [-0.05, 0) is 41.9 Å². The van der Waals surface area contributed by atoms with E-state index < -0.39 is 17.2 Å². The molecule has 1 fully saturated rings. The molecule has 2 rings (SSSR count). The predicted octanol–water partition coefficient (Wildman–Crippen LogP) is 3.60. The smallest absolute Gasteiger partial charge is 0.144 e. The first-order valence-corrected chi connectivity index (χ1v) is 5.43. The molecule has 1 saturated carbocycles. The summed E-state index contributed by atoms with van der Waals surface area (Å²) >= 11 is 0. The summed E-state index contributed by atoms with van der Waals surface area (Å²) in [6, 6.07) is 4.13. The molecule has 0 saturated heterocycles. The zero-order chi connectivity index (χ0) is 11.9. The standard InChI is InChI=1S/C13H13F2N/c1-7(2)9-5-10(9)8-3-12(14)11(6-16)13(15)4-8/h3-4,7,9-10H,5H2,1-2H3/t9-,10-/m1/s1. The summed E-state index contributed by atoms with van der Waals surface area (Å²) in [4.78, 5) is 0. The van der Waals surface area contributed by atoms with Crippen LogP contribution in [0.25, 0.3) is 0 Å². The molecule has 1 aromatic rings. The highest BCUT2D eigenvalue weighted by atomic mass is 19.1. The minimum absolute atomic E-state index is 0.261. The largest absolute Gasteiger partial charge is 0.205 e. The molecule has 0 N–H and O–H groups in total. The number of rotatable bonds is 2. The predicted molar refractivity (Wildman–Crippen MR) is 56.8 cm³/mol. The summed E-state index contributed by atoms with van der Waals surface area (Å²) in [5.74, 6) is -0.172. The summed E-state index contributed by atoms with van der Waals surface area (Å²) in [5, 5.41) is 8.55. The Bertz CT molecular complexity index is 436. The van der Waals surface area contributed by atoms with E-state index >= 15 is 0 Å². The zero-order valence-electron chi connectivity index (χ0n) is 9.30. The van der Waals surface area contributed by atoms with Crippen molar-refractivity contribution in [3.8, 4) is 6.07 Å². The highest BCUT2D eigenvalue weighted by molar-refractivity contribution is 5.38. The van der Waals surface area contributed by atoms with E-state index in [0.29, 0.717) is 17.4 Å². The average Bonchev–Trinajstić information content (AvgIpc) is 2.96. The SMILES string of the molecule is CC(C)[C@H]1C[C@@H]1c1cc(F)c(C#N)c(F)c1. The Morgan fingerprint density at radius 2 is 1.88 bits per heavy atom. The van der Waals surface area contributed by atoms with Gasteiger partial charge in [-0.1, -0.05) is 13.8 Å². The molecule has 0 amide bonds. The Morgan fingerprint density at radius 1 is 1.31 bits per heavy atom. The number of halogens is 2. The molecule has 1 aliphatic rings. The van der Waals surface area contributed by atoms with Crippen molar-refractivity contribution in [2.75, 3.05) is 0 Å². The number of nitriles is 1. The first-order chi connectivity index (χ1) is 7.54. The molecule has 0 aliphatic heterocycles. The Hall–Kier alpha value is -1.43. The lowest BCUT2D eigenvalue weighted by molar-refractivity contribution is 0.542. The van der Waals surface area contributed by atoms with E-state index in [0.717, 1.165) is 6.42 Å². The fourth-order valence-corrected chi connectivity index (χ4v) is 2.25. The van der Waals surface area contributed by atoms with Gasteiger partial charge in [0.25, 0.3) is 0 Å². The summed E-state index contributed by atoms with van der Waals surface area (Å²) in [7, 11) is 0. The van der Waals surface area contributed by atoms with Gasteiger partial charge in [0.15, 0.2) is 0 Å². The van der Waals surface area contributed by atoms with E-state index in [1.165, 1.54) is 18.2 Å². The van der Waals surface area contributed by atoms with E-state index in [1.807, 2.05) is 0 Å². The number of nitrogens with zero attached hydrogens (tertiary/aromatic N) is 1. The molecule has 1 aliphatic carbocycles. The second kappa shape index (κ2) is 3.86. The van der Waals surface area contributed by atoms with Crippen LogP contribution in [-0.2, 0) is 0 Å². The molecule has 84 valence electrons. The molecule has 0 unspecified atom stereocenters. The molecule has 16 heavy (non-hydrogen) atoms. The van der Waals surface area contributed by atoms with Crippen LogP contribution < -0.4 is 0 Å². The Kier molecular flexibility index (Phi) is 2.67. The van der Waals surface area contributed by atoms with Crippen molar-refractivity contribution in [1.82, 2.24) is 0 Å². The maximum atomic E-state index is 13.4. The van der Waals surface area contributed by atoms with Gasteiger partial charge in [-0.2, -0.15) is 5.26 Å². The fraction of sp³-hybridized carbons (Fsp3) is 0.462. The molecule has 0 heterocycles. The van der Waals surface area contributed by atoms with E-state index in [2.05, 4.69) is 13.8 Å². The first-order valence-electron chi connectivity index (χ1n) is 5.43. The molecular weight excluding hydrogens is 208 g/mol. The van der Waals surface area contributed by atoms with Crippen molar-refractivity contribution >= 4 is 0 Å². The third-order valence-electron chi connectivity index (χ3n) is 3.30. The normalized spacial score (nSPS) is 23.2. The van der Waals surface area contributed by atoms with Crippen LogP contribution in [0.15, 0.2) is 12.1 Å². The Morgan fingerprint density at radius 3 is 2.25 bits per heavy atom. The molecule has 2 atom stereocenters. The summed E-state index contributed by atoms with van der Waals surface area (Å²) in [6.45, 7) is 4.22. The van der Waals surface area contributed by atoms with E-state index in [1.54, 1.807) is 0 Å². The molecule has 0 bridgehead atoms. The molecule has 3 heteroatoms. The van der Waals surface area contributed by atoms with Crippen molar-refractivity contribution in [3.63, 3.8) is 0 Å². The fourth-order valence-electron chi connectivity index (χ4n) is 2.25. The average molecular weight is 221 g/mol. The maximum Gasteiger partial charge on any atom is 0.144 e. The lowest BCUT2D eigenvalue weighted by Crippen LogP contribution is -1.96. The van der Waals surface area contributed by atoms with Crippen molar-refractivity contribution < 1.29 is 8.78 Å². The van der Waals surface area contributed by atoms with Crippen LogP contribution in [0.1, 0.15) is 37.3 Å². The van der Waals surface area contributed by atoms with Crippen LogP contribution in [0.3, 0.4) is 0 Å². The minimum Gasteiger partial charge on any atom is -0.205 e. The van der Waals surface area contributed by atoms with Crippen LogP contribution in [-0.4, -0.2) is 0 Å². The van der Waals surface area contributed by atoms with Crippen LogP contribution >= 0.6 is 0 Å². The molecule has 0 spiro atoms. The maximum absolute atomic E-state index is 13.4. The molecule has 1 nitrogen and oxygen atoms in total. The lowest BCUT2D eigenvalue weighted by Gasteiger charge is -2.05. The van der Waals surface area contributed by atoms with Crippen LogP contribution in [0.5, 0.6) is 0 Å². The molecule has 0 radical (unpaired) electrons. The van der Waals surface area contributed by atoms with E-state index in [-0.39, 0.29) is 5.92 Å². The Balaban J connectivity index is 2.30. The van der Waals surface area contributed by atoms with Gasteiger partial charge >= 0.3 is 0 Å². The molecular formula is C13H13F2N. The van der Waals surface area contributed by atoms with Gasteiger partial charge in [-0.15, -0.1) is 0 Å². The van der Waals surface area contributed by atoms with Gasteiger partial charge in [-0.3, -0.25) is 0 Å². The number of hydrogen-bond donors (Lipinski definition) is 0. The summed E-state index contributed by atoms with van der Waals surface area (Å²) in [5.41, 5.74) is 0.207. The number of benzene rings is 1. The Labute approximate surface area is 93.7 Å². The van der Waals surface area contributed by atoms with Crippen molar-refractivity contribution in [2.45, 2.75) is 26.2 Å². The van der Waals surface area contributed by atoms with Gasteiger partial charge in [0.2, 0.25) is 0 Å². The van der Waals surface area contributed by atoms with Gasteiger partial charge in [0, 0.05) is 0 Å². The monoisotopic (exact) mass is 221 g/mol. The van der Waals surface area contributed by atoms with Crippen LogP contribution in [0, 0.1) is 34.8 Å². The second-order valence-electron chi connectivity index (χ2n) is 4.72. The summed E-state index contributed by atoms with van der Waals surface area (Å²) in [6.07, 6.45) is 0.989. The van der Waals surface area contributed by atoms with Crippen LogP contribution in [0.2, 0.25) is 0 Å². The van der Waals surface area contributed by atoms with Gasteiger partial charge in [0.05, 0.1) is 0 Å². The quantitative estimate of drug-likeness (QED) is 0.748. The van der Waals surface area contributed by atoms with Crippen molar-refractivity contribution in [1.29, 1.82) is 5.26 Å². The molecule has 0 aromatic heterocycles. The number of hydrogen-bond acceptors (Lipinski definition) is 1. The van der Waals surface area contributed by atoms with E-state index in [9.17, 15) is 8.78 Å². The van der Waals surface area contributed by atoms with Gasteiger partial charge in [0.1, 0.15) is 23.3 Å². The lowest BCUT2D eigenvalue weighted by atomic mass is 10.0. The van der Waals surface area contributed by atoms with Crippen molar-refractivity contribution in [2.24, 2.45) is 11.8 Å². The highest BCUT2D eigenvalue weighted by Crippen LogP contribution is 2.51. The third kappa shape index (κ3) is 1.80. The topological polar surface area (TPSA) is 23.8 Å². The van der Waals surface area contributed by atoms with E-state index in [4.69, 9.17) is 5.26 Å². The minimum atomic E-state index is -0.744. The summed E-state index contributed by atoms with van der Waals surface area (Å²) < 4.78 is 26.7. The highest BCUT2D eigenvalue weighted by Gasteiger charge is 2.40. The second-order valence-corrected chi connectivity index (χ2v) is 4.72. The zero-order valence-corrected chi connectivity index (χ0v) is 9.30. The molecule has 1 aromatic carbocycles. The van der Waals surface area contributed by atoms with Gasteiger partial charge < -0.3 is 0 Å². The first kappa shape index (κ1) is 11.1. The van der Waals surface area contributed by atoms with Crippen LogP contribution in [0.4, 0.5) is 8.78 Å². The van der Waals surface area contributed by atoms with Gasteiger partial charge in [-0.25, -0.2) is 8.78 Å². The van der Waals surface area contributed by atoms with Crippen molar-refractivity contribution in [3.05, 3.63) is 34.9 Å². The third-order valence-corrected chi connectivity index (χ3v) is 3.30.